The fourth-order valence-corrected chi connectivity index (χ4v) is 3.72. The summed E-state index contributed by atoms with van der Waals surface area (Å²) in [5.74, 6) is -0.249. The monoisotopic (exact) mass is 407 g/mol. The summed E-state index contributed by atoms with van der Waals surface area (Å²) in [5, 5.41) is 3.78. The van der Waals surface area contributed by atoms with Crippen molar-refractivity contribution in [3.63, 3.8) is 0 Å². The predicted molar refractivity (Wildman–Crippen MR) is 96.6 cm³/mol. The molecule has 0 fully saturated rings. The standard InChI is InChI=1S/C17H14ClN3O5S/c1-25-17(22)12-7-8-13(18)14(9-12)27(23,24)19-10-15-20-16(21-26-15)11-5-3-2-4-6-11/h2-9,19H,10H2,1H3. The first-order chi connectivity index (χ1) is 12.9. The van der Waals surface area contributed by atoms with Gasteiger partial charge in [-0.1, -0.05) is 47.1 Å². The van der Waals surface area contributed by atoms with Crippen molar-refractivity contribution < 1.29 is 22.5 Å². The van der Waals surface area contributed by atoms with Gasteiger partial charge in [0, 0.05) is 5.56 Å². The smallest absolute Gasteiger partial charge is 0.337 e. The fourth-order valence-electron chi connectivity index (χ4n) is 2.22. The van der Waals surface area contributed by atoms with Gasteiger partial charge in [0.05, 0.1) is 24.2 Å². The zero-order valence-corrected chi connectivity index (χ0v) is 15.6. The highest BCUT2D eigenvalue weighted by atomic mass is 35.5. The third kappa shape index (κ3) is 4.33. The summed E-state index contributed by atoms with van der Waals surface area (Å²) >= 11 is 5.97. The highest BCUT2D eigenvalue weighted by Gasteiger charge is 2.21. The number of halogens is 1. The third-order valence-corrected chi connectivity index (χ3v) is 5.44. The normalized spacial score (nSPS) is 11.3. The summed E-state index contributed by atoms with van der Waals surface area (Å²) < 4.78 is 37.0. The lowest BCUT2D eigenvalue weighted by Gasteiger charge is -2.08. The first-order valence-electron chi connectivity index (χ1n) is 7.66. The molecule has 0 atom stereocenters. The maximum Gasteiger partial charge on any atom is 0.337 e. The zero-order valence-electron chi connectivity index (χ0n) is 14.0. The molecule has 0 amide bonds. The van der Waals surface area contributed by atoms with E-state index < -0.39 is 16.0 Å². The molecule has 3 aromatic rings. The topological polar surface area (TPSA) is 111 Å². The minimum atomic E-state index is -4.03. The first-order valence-corrected chi connectivity index (χ1v) is 9.52. The van der Waals surface area contributed by atoms with Crippen molar-refractivity contribution in [2.24, 2.45) is 0 Å². The number of esters is 1. The van der Waals surface area contributed by atoms with Crippen molar-refractivity contribution in [1.82, 2.24) is 14.9 Å². The second kappa shape index (κ2) is 7.87. The zero-order chi connectivity index (χ0) is 19.4. The van der Waals surface area contributed by atoms with Crippen LogP contribution in [0.4, 0.5) is 0 Å². The van der Waals surface area contributed by atoms with E-state index in [2.05, 4.69) is 19.6 Å². The Labute approximate surface area is 160 Å². The Balaban J connectivity index is 1.78. The van der Waals surface area contributed by atoms with Crippen LogP contribution in [0.5, 0.6) is 0 Å². The van der Waals surface area contributed by atoms with Crippen LogP contribution in [0.25, 0.3) is 11.4 Å². The maximum absolute atomic E-state index is 12.5. The van der Waals surface area contributed by atoms with Gasteiger partial charge in [-0.25, -0.2) is 17.9 Å². The van der Waals surface area contributed by atoms with E-state index in [4.69, 9.17) is 16.1 Å². The molecule has 8 nitrogen and oxygen atoms in total. The highest BCUT2D eigenvalue weighted by Crippen LogP contribution is 2.23. The van der Waals surface area contributed by atoms with Crippen LogP contribution in [-0.4, -0.2) is 31.6 Å². The molecule has 1 heterocycles. The predicted octanol–water partition coefficient (Wildman–Crippen LogP) is 2.66. The van der Waals surface area contributed by atoms with Crippen molar-refractivity contribution in [2.45, 2.75) is 11.4 Å². The van der Waals surface area contributed by atoms with E-state index >= 15 is 0 Å². The number of hydrogen-bond acceptors (Lipinski definition) is 7. The molecular weight excluding hydrogens is 394 g/mol. The number of carbonyl (C=O) groups excluding carboxylic acids is 1. The molecular formula is C17H14ClN3O5S. The van der Waals surface area contributed by atoms with Gasteiger partial charge in [0.2, 0.25) is 21.7 Å². The van der Waals surface area contributed by atoms with E-state index in [-0.39, 0.29) is 27.9 Å². The summed E-state index contributed by atoms with van der Waals surface area (Å²) in [7, 11) is -2.83. The summed E-state index contributed by atoms with van der Waals surface area (Å²) in [6, 6.07) is 12.9. The maximum atomic E-state index is 12.5. The largest absolute Gasteiger partial charge is 0.465 e. The summed E-state index contributed by atoms with van der Waals surface area (Å²) in [6.07, 6.45) is 0. The molecule has 27 heavy (non-hydrogen) atoms. The van der Waals surface area contributed by atoms with E-state index in [1.54, 1.807) is 12.1 Å². The van der Waals surface area contributed by atoms with Gasteiger partial charge in [-0.2, -0.15) is 4.98 Å². The van der Waals surface area contributed by atoms with E-state index in [1.165, 1.54) is 19.2 Å². The van der Waals surface area contributed by atoms with Gasteiger partial charge in [0.15, 0.2) is 0 Å². The van der Waals surface area contributed by atoms with Gasteiger partial charge in [0.1, 0.15) is 4.90 Å². The van der Waals surface area contributed by atoms with Crippen molar-refractivity contribution in [1.29, 1.82) is 0 Å². The minimum Gasteiger partial charge on any atom is -0.465 e. The number of carbonyl (C=O) groups is 1. The Morgan fingerprint density at radius 1 is 1.22 bits per heavy atom. The van der Waals surface area contributed by atoms with Crippen LogP contribution in [0, 0.1) is 0 Å². The molecule has 0 saturated heterocycles. The van der Waals surface area contributed by atoms with Crippen LogP contribution in [0.2, 0.25) is 5.02 Å². The molecule has 10 heteroatoms. The Kier molecular flexibility index (Phi) is 5.54. The average Bonchev–Trinajstić information content (AvgIpc) is 3.16. The number of nitrogens with zero attached hydrogens (tertiary/aromatic N) is 2. The van der Waals surface area contributed by atoms with Gasteiger partial charge in [-0.15, -0.1) is 0 Å². The summed E-state index contributed by atoms with van der Waals surface area (Å²) in [5.41, 5.74) is 0.801. The molecule has 1 aromatic heterocycles. The van der Waals surface area contributed by atoms with Crippen molar-refractivity contribution in [3.8, 4) is 11.4 Å². The Bertz CT molecular complexity index is 1070. The molecule has 0 radical (unpaired) electrons. The first kappa shape index (κ1) is 19.0. The third-order valence-electron chi connectivity index (χ3n) is 3.56. The molecule has 0 aliphatic rings. The summed E-state index contributed by atoms with van der Waals surface area (Å²) in [6.45, 7) is -0.235. The van der Waals surface area contributed by atoms with Crippen molar-refractivity contribution >= 4 is 27.6 Å². The molecule has 0 unspecified atom stereocenters. The van der Waals surface area contributed by atoms with Gasteiger partial charge >= 0.3 is 5.97 Å². The molecule has 0 aliphatic carbocycles. The van der Waals surface area contributed by atoms with Crippen LogP contribution < -0.4 is 4.72 Å². The van der Waals surface area contributed by atoms with Gasteiger partial charge in [0.25, 0.3) is 0 Å². The molecule has 2 aromatic carbocycles. The van der Waals surface area contributed by atoms with Crippen LogP contribution in [0.15, 0.2) is 57.9 Å². The highest BCUT2D eigenvalue weighted by molar-refractivity contribution is 7.89. The van der Waals surface area contributed by atoms with Crippen LogP contribution in [0.3, 0.4) is 0 Å². The number of benzene rings is 2. The second-order valence-corrected chi connectivity index (χ2v) is 7.48. The van der Waals surface area contributed by atoms with Crippen molar-refractivity contribution in [2.75, 3.05) is 7.11 Å². The number of aromatic nitrogens is 2. The lowest BCUT2D eigenvalue weighted by Crippen LogP contribution is -2.24. The SMILES string of the molecule is COC(=O)c1ccc(Cl)c(S(=O)(=O)NCc2nc(-c3ccccc3)no2)c1. The molecule has 0 aliphatic heterocycles. The van der Waals surface area contributed by atoms with Gasteiger partial charge in [-0.3, -0.25) is 0 Å². The minimum absolute atomic E-state index is 0.0364. The molecule has 1 N–H and O–H groups in total. The van der Waals surface area contributed by atoms with Crippen LogP contribution in [-0.2, 0) is 21.3 Å². The number of ether oxygens (including phenoxy) is 1. The number of nitrogens with one attached hydrogen (secondary N) is 1. The van der Waals surface area contributed by atoms with Gasteiger partial charge < -0.3 is 9.26 Å². The molecule has 0 spiro atoms. The Morgan fingerprint density at radius 3 is 2.67 bits per heavy atom. The average molecular weight is 408 g/mol. The number of rotatable bonds is 6. The molecule has 3 rings (SSSR count). The lowest BCUT2D eigenvalue weighted by molar-refractivity contribution is 0.0600. The summed E-state index contributed by atoms with van der Waals surface area (Å²) in [4.78, 5) is 15.5. The Hall–Kier alpha value is -2.75. The van der Waals surface area contributed by atoms with E-state index in [0.29, 0.717) is 5.82 Å². The van der Waals surface area contributed by atoms with Crippen molar-refractivity contribution in [3.05, 3.63) is 65.0 Å². The van der Waals surface area contributed by atoms with Crippen LogP contribution in [0.1, 0.15) is 16.2 Å². The molecule has 0 bridgehead atoms. The fraction of sp³-hybridized carbons (Fsp3) is 0.118. The number of sulfonamides is 1. The van der Waals surface area contributed by atoms with E-state index in [1.807, 2.05) is 18.2 Å². The second-order valence-electron chi connectivity index (χ2n) is 5.34. The van der Waals surface area contributed by atoms with Gasteiger partial charge in [-0.05, 0) is 18.2 Å². The Morgan fingerprint density at radius 2 is 1.96 bits per heavy atom. The quantitative estimate of drug-likeness (QED) is 0.625. The molecule has 140 valence electrons. The van der Waals surface area contributed by atoms with E-state index in [9.17, 15) is 13.2 Å². The number of hydrogen-bond donors (Lipinski definition) is 1. The number of methoxy groups -OCH3 is 1. The van der Waals surface area contributed by atoms with Crippen LogP contribution >= 0.6 is 11.6 Å². The molecule has 0 saturated carbocycles. The van der Waals surface area contributed by atoms with E-state index in [0.717, 1.165) is 11.6 Å². The lowest BCUT2D eigenvalue weighted by atomic mass is 10.2.